The van der Waals surface area contributed by atoms with Crippen molar-refractivity contribution >= 4 is 11.1 Å². The Bertz CT molecular complexity index is 1310. The van der Waals surface area contributed by atoms with Gasteiger partial charge in [-0.05, 0) is 78.4 Å². The van der Waals surface area contributed by atoms with E-state index in [1.807, 2.05) is 37.3 Å². The van der Waals surface area contributed by atoms with Crippen LogP contribution in [0.4, 0.5) is 13.2 Å². The number of fused-ring (bicyclic) bond motifs is 1. The van der Waals surface area contributed by atoms with Crippen LogP contribution in [0.25, 0.3) is 11.1 Å². The molecule has 0 aliphatic carbocycles. The minimum absolute atomic E-state index is 0.109. The lowest BCUT2D eigenvalue weighted by Crippen LogP contribution is -2.48. The second-order valence-corrected chi connectivity index (χ2v) is 9.96. The number of aromatic hydroxyl groups is 2. The fourth-order valence-corrected chi connectivity index (χ4v) is 5.16. The Morgan fingerprint density at radius 3 is 2.42 bits per heavy atom. The van der Waals surface area contributed by atoms with Gasteiger partial charge in [0, 0.05) is 37.2 Å². The van der Waals surface area contributed by atoms with Gasteiger partial charge in [0.05, 0.1) is 0 Å². The number of alkyl halides is 3. The molecule has 200 valence electrons. The molecule has 0 saturated carbocycles. The van der Waals surface area contributed by atoms with Crippen molar-refractivity contribution in [2.45, 2.75) is 32.0 Å². The molecule has 5 rings (SSSR count). The van der Waals surface area contributed by atoms with Crippen LogP contribution < -0.4 is 9.47 Å². The highest BCUT2D eigenvalue weighted by Gasteiger charge is 2.33. The van der Waals surface area contributed by atoms with E-state index in [-0.39, 0.29) is 23.8 Å². The standard InChI is InChI=1S/C30H30F3NO4/c1-19-26-16-24(36)7-10-27(26)38-29(28(19)22-3-2-4-23(35)15-22)21-5-8-25(9-6-21)37-14-13-34-17-20(18-34)11-12-30(31,32)33/h2-10,15-16,20,29,35-36H,11-14,17-18H2,1H3. The average molecular weight is 526 g/mol. The molecule has 5 nitrogen and oxygen atoms in total. The quantitative estimate of drug-likeness (QED) is 0.338. The number of halogens is 3. The number of phenolic OH excluding ortho intramolecular Hbond substituents is 2. The molecule has 3 aromatic carbocycles. The second kappa shape index (κ2) is 10.6. The maximum absolute atomic E-state index is 12.4. The zero-order valence-corrected chi connectivity index (χ0v) is 21.0. The van der Waals surface area contributed by atoms with Crippen molar-refractivity contribution < 1.29 is 32.9 Å². The predicted molar refractivity (Wildman–Crippen MR) is 139 cm³/mol. The van der Waals surface area contributed by atoms with Crippen molar-refractivity contribution in [2.24, 2.45) is 5.92 Å². The molecule has 0 bridgehead atoms. The van der Waals surface area contributed by atoms with Gasteiger partial charge in [0.2, 0.25) is 0 Å². The molecule has 2 heterocycles. The first kappa shape index (κ1) is 26.0. The van der Waals surface area contributed by atoms with Crippen molar-refractivity contribution in [3.8, 4) is 23.0 Å². The number of ether oxygens (including phenoxy) is 2. The monoisotopic (exact) mass is 525 g/mol. The zero-order chi connectivity index (χ0) is 26.9. The summed E-state index contributed by atoms with van der Waals surface area (Å²) in [4.78, 5) is 2.11. The lowest BCUT2D eigenvalue weighted by atomic mass is 9.86. The average Bonchev–Trinajstić information content (AvgIpc) is 2.85. The molecule has 0 radical (unpaired) electrons. The Morgan fingerprint density at radius 1 is 0.974 bits per heavy atom. The summed E-state index contributed by atoms with van der Waals surface area (Å²) in [5, 5.41) is 20.1. The number of hydrogen-bond acceptors (Lipinski definition) is 5. The van der Waals surface area contributed by atoms with E-state index in [2.05, 4.69) is 4.90 Å². The normalized spacial score (nSPS) is 18.1. The number of phenols is 2. The van der Waals surface area contributed by atoms with E-state index in [1.54, 1.807) is 36.4 Å². The molecule has 0 aromatic heterocycles. The molecular formula is C30H30F3NO4. The highest BCUT2D eigenvalue weighted by molar-refractivity contribution is 5.95. The maximum atomic E-state index is 12.4. The van der Waals surface area contributed by atoms with E-state index in [1.165, 1.54) is 0 Å². The number of likely N-dealkylation sites (tertiary alicyclic amines) is 1. The van der Waals surface area contributed by atoms with Crippen molar-refractivity contribution in [3.05, 3.63) is 83.4 Å². The number of nitrogens with zero attached hydrogens (tertiary/aromatic N) is 1. The summed E-state index contributed by atoms with van der Waals surface area (Å²) < 4.78 is 49.4. The topological polar surface area (TPSA) is 62.2 Å². The first-order valence-electron chi connectivity index (χ1n) is 12.7. The third kappa shape index (κ3) is 5.91. The Morgan fingerprint density at radius 2 is 1.71 bits per heavy atom. The fraction of sp³-hybridized carbons (Fsp3) is 0.333. The molecule has 0 spiro atoms. The van der Waals surface area contributed by atoms with Crippen LogP contribution in [-0.4, -0.2) is 47.5 Å². The van der Waals surface area contributed by atoms with Crippen molar-refractivity contribution in [1.82, 2.24) is 4.90 Å². The van der Waals surface area contributed by atoms with Gasteiger partial charge >= 0.3 is 6.18 Å². The second-order valence-electron chi connectivity index (χ2n) is 9.96. The SMILES string of the molecule is CC1=C(c2cccc(O)c2)C(c2ccc(OCCN3CC(CCC(F)(F)F)C3)cc2)Oc2ccc(O)cc21. The van der Waals surface area contributed by atoms with Gasteiger partial charge in [-0.2, -0.15) is 13.2 Å². The predicted octanol–water partition coefficient (Wildman–Crippen LogP) is 6.82. The van der Waals surface area contributed by atoms with E-state index in [4.69, 9.17) is 9.47 Å². The Hall–Kier alpha value is -3.65. The summed E-state index contributed by atoms with van der Waals surface area (Å²) >= 11 is 0. The van der Waals surface area contributed by atoms with Gasteiger partial charge in [-0.15, -0.1) is 0 Å². The summed E-state index contributed by atoms with van der Waals surface area (Å²) in [5.74, 6) is 1.77. The first-order chi connectivity index (χ1) is 18.2. The van der Waals surface area contributed by atoms with Crippen LogP contribution in [0.3, 0.4) is 0 Å². The van der Waals surface area contributed by atoms with E-state index < -0.39 is 18.7 Å². The molecule has 0 amide bonds. The van der Waals surface area contributed by atoms with Crippen molar-refractivity contribution in [1.29, 1.82) is 0 Å². The molecule has 1 unspecified atom stereocenters. The van der Waals surface area contributed by atoms with Crippen molar-refractivity contribution in [2.75, 3.05) is 26.2 Å². The van der Waals surface area contributed by atoms with Gasteiger partial charge in [-0.25, -0.2) is 0 Å². The molecule has 1 fully saturated rings. The maximum Gasteiger partial charge on any atom is 0.389 e. The zero-order valence-electron chi connectivity index (χ0n) is 21.0. The smallest absolute Gasteiger partial charge is 0.389 e. The van der Waals surface area contributed by atoms with Crippen LogP contribution in [0.15, 0.2) is 66.7 Å². The van der Waals surface area contributed by atoms with Crippen LogP contribution in [0.2, 0.25) is 0 Å². The highest BCUT2D eigenvalue weighted by Crippen LogP contribution is 2.47. The van der Waals surface area contributed by atoms with Crippen molar-refractivity contribution in [3.63, 3.8) is 0 Å². The van der Waals surface area contributed by atoms with Gasteiger partial charge in [0.1, 0.15) is 35.7 Å². The summed E-state index contributed by atoms with van der Waals surface area (Å²) in [6.45, 7) is 4.47. The Balaban J connectivity index is 1.25. The van der Waals surface area contributed by atoms with E-state index in [0.29, 0.717) is 37.7 Å². The van der Waals surface area contributed by atoms with E-state index >= 15 is 0 Å². The molecule has 2 aliphatic heterocycles. The lowest BCUT2D eigenvalue weighted by molar-refractivity contribution is -0.140. The van der Waals surface area contributed by atoms with E-state index in [9.17, 15) is 23.4 Å². The van der Waals surface area contributed by atoms with Gasteiger partial charge in [0.25, 0.3) is 0 Å². The molecular weight excluding hydrogens is 495 g/mol. The van der Waals surface area contributed by atoms with Crippen LogP contribution >= 0.6 is 0 Å². The molecule has 2 aliphatic rings. The molecule has 3 aromatic rings. The molecule has 1 saturated heterocycles. The molecule has 38 heavy (non-hydrogen) atoms. The van der Waals surface area contributed by atoms with Crippen LogP contribution in [-0.2, 0) is 0 Å². The number of benzene rings is 3. The van der Waals surface area contributed by atoms with Crippen LogP contribution in [0.1, 0.15) is 42.6 Å². The fourth-order valence-electron chi connectivity index (χ4n) is 5.16. The largest absolute Gasteiger partial charge is 0.508 e. The first-order valence-corrected chi connectivity index (χ1v) is 12.7. The van der Waals surface area contributed by atoms with Crippen LogP contribution in [0, 0.1) is 5.92 Å². The summed E-state index contributed by atoms with van der Waals surface area (Å²) in [6, 6.07) is 19.7. The van der Waals surface area contributed by atoms with Gasteiger partial charge in [0.15, 0.2) is 0 Å². The minimum Gasteiger partial charge on any atom is -0.508 e. The van der Waals surface area contributed by atoms with Crippen LogP contribution in [0.5, 0.6) is 23.0 Å². The number of hydrogen-bond donors (Lipinski definition) is 2. The summed E-state index contributed by atoms with van der Waals surface area (Å²) in [5.41, 5.74) is 4.37. The third-order valence-electron chi connectivity index (χ3n) is 7.16. The highest BCUT2D eigenvalue weighted by atomic mass is 19.4. The number of rotatable bonds is 8. The minimum atomic E-state index is -4.08. The van der Waals surface area contributed by atoms with E-state index in [0.717, 1.165) is 27.8 Å². The third-order valence-corrected chi connectivity index (χ3v) is 7.16. The van der Waals surface area contributed by atoms with Gasteiger partial charge in [-0.1, -0.05) is 24.3 Å². The molecule has 2 N–H and O–H groups in total. The Kier molecular flexibility index (Phi) is 7.25. The number of allylic oxidation sites excluding steroid dienone is 1. The Labute approximate surface area is 219 Å². The van der Waals surface area contributed by atoms with Gasteiger partial charge in [-0.3, -0.25) is 4.90 Å². The lowest BCUT2D eigenvalue weighted by Gasteiger charge is -2.39. The van der Waals surface area contributed by atoms with Gasteiger partial charge < -0.3 is 19.7 Å². The summed E-state index contributed by atoms with van der Waals surface area (Å²) in [6.07, 6.45) is -5.04. The summed E-state index contributed by atoms with van der Waals surface area (Å²) in [7, 11) is 0. The molecule has 1 atom stereocenters. The molecule has 8 heteroatoms.